The summed E-state index contributed by atoms with van der Waals surface area (Å²) < 4.78 is 0. The van der Waals surface area contributed by atoms with Crippen molar-refractivity contribution in [2.45, 2.75) is 13.8 Å². The van der Waals surface area contributed by atoms with Crippen LogP contribution in [0.1, 0.15) is 27.0 Å². The lowest BCUT2D eigenvalue weighted by Crippen LogP contribution is -2.13. The molecule has 1 heterocycles. The lowest BCUT2D eigenvalue weighted by molar-refractivity contribution is 0.102. The Kier molecular flexibility index (Phi) is 4.41. The number of anilines is 1. The first-order chi connectivity index (χ1) is 11.6. The number of rotatable bonds is 3. The molecular formula is C19H15N3OS. The summed E-state index contributed by atoms with van der Waals surface area (Å²) in [6.07, 6.45) is 0. The predicted molar refractivity (Wildman–Crippen MR) is 96.1 cm³/mol. The molecule has 0 fully saturated rings. The van der Waals surface area contributed by atoms with Gasteiger partial charge < -0.3 is 0 Å². The van der Waals surface area contributed by atoms with Gasteiger partial charge in [0.15, 0.2) is 5.13 Å². The van der Waals surface area contributed by atoms with Gasteiger partial charge >= 0.3 is 0 Å². The first kappa shape index (κ1) is 15.9. The van der Waals surface area contributed by atoms with E-state index < -0.39 is 0 Å². The number of amides is 1. The molecule has 4 nitrogen and oxygen atoms in total. The minimum absolute atomic E-state index is 0.156. The fourth-order valence-corrected chi connectivity index (χ4v) is 3.04. The molecule has 0 saturated carbocycles. The second-order valence-corrected chi connectivity index (χ2v) is 6.36. The molecule has 24 heavy (non-hydrogen) atoms. The van der Waals surface area contributed by atoms with Crippen LogP contribution in [0, 0.1) is 25.2 Å². The van der Waals surface area contributed by atoms with Crippen LogP contribution in [0.4, 0.5) is 5.13 Å². The number of carbonyl (C=O) groups is 1. The molecule has 3 rings (SSSR count). The number of nitriles is 1. The van der Waals surface area contributed by atoms with Gasteiger partial charge in [-0.15, -0.1) is 11.3 Å². The van der Waals surface area contributed by atoms with Gasteiger partial charge in [0, 0.05) is 16.5 Å². The molecule has 2 aromatic carbocycles. The van der Waals surface area contributed by atoms with Gasteiger partial charge in [0.05, 0.1) is 17.3 Å². The van der Waals surface area contributed by atoms with Crippen molar-refractivity contribution in [3.8, 4) is 17.3 Å². The van der Waals surface area contributed by atoms with Crippen LogP contribution in [0.25, 0.3) is 11.3 Å². The Morgan fingerprint density at radius 2 is 1.92 bits per heavy atom. The highest BCUT2D eigenvalue weighted by molar-refractivity contribution is 7.14. The number of carbonyl (C=O) groups excluding carboxylic acids is 1. The number of aryl methyl sites for hydroxylation is 2. The molecule has 1 N–H and O–H groups in total. The maximum Gasteiger partial charge on any atom is 0.257 e. The molecule has 5 heteroatoms. The highest BCUT2D eigenvalue weighted by Gasteiger charge is 2.12. The zero-order valence-electron chi connectivity index (χ0n) is 13.3. The first-order valence-electron chi connectivity index (χ1n) is 7.41. The summed E-state index contributed by atoms with van der Waals surface area (Å²) in [5.74, 6) is -0.156. The summed E-state index contributed by atoms with van der Waals surface area (Å²) in [7, 11) is 0. The molecule has 0 aliphatic rings. The van der Waals surface area contributed by atoms with Crippen molar-refractivity contribution >= 4 is 22.4 Å². The van der Waals surface area contributed by atoms with Crippen LogP contribution in [0.2, 0.25) is 0 Å². The van der Waals surface area contributed by atoms with E-state index in [4.69, 9.17) is 5.26 Å². The van der Waals surface area contributed by atoms with Crippen LogP contribution < -0.4 is 5.32 Å². The van der Waals surface area contributed by atoms with Crippen LogP contribution in [-0.4, -0.2) is 10.9 Å². The molecule has 0 saturated heterocycles. The molecule has 0 atom stereocenters. The molecule has 1 amide bonds. The van der Waals surface area contributed by atoms with Crippen LogP contribution in [0.3, 0.4) is 0 Å². The Bertz CT molecular complexity index is 936. The van der Waals surface area contributed by atoms with E-state index in [1.54, 1.807) is 12.1 Å². The Morgan fingerprint density at radius 3 is 2.62 bits per heavy atom. The van der Waals surface area contributed by atoms with Gasteiger partial charge in [-0.1, -0.05) is 29.8 Å². The number of hydrogen-bond acceptors (Lipinski definition) is 4. The minimum Gasteiger partial charge on any atom is -0.298 e. The van der Waals surface area contributed by atoms with E-state index in [2.05, 4.69) is 16.4 Å². The highest BCUT2D eigenvalue weighted by atomic mass is 32.1. The molecule has 0 aliphatic carbocycles. The van der Waals surface area contributed by atoms with Crippen molar-refractivity contribution in [2.24, 2.45) is 0 Å². The van der Waals surface area contributed by atoms with Crippen molar-refractivity contribution in [2.75, 3.05) is 5.32 Å². The van der Waals surface area contributed by atoms with Crippen molar-refractivity contribution in [1.82, 2.24) is 4.98 Å². The van der Waals surface area contributed by atoms with Crippen LogP contribution in [0.15, 0.2) is 47.8 Å². The van der Waals surface area contributed by atoms with E-state index in [9.17, 15) is 4.79 Å². The maximum atomic E-state index is 12.4. The number of benzene rings is 2. The summed E-state index contributed by atoms with van der Waals surface area (Å²) in [4.78, 5) is 16.9. The summed E-state index contributed by atoms with van der Waals surface area (Å²) in [6, 6.07) is 15.1. The van der Waals surface area contributed by atoms with E-state index >= 15 is 0 Å². The molecule has 1 aromatic heterocycles. The second kappa shape index (κ2) is 6.65. The van der Waals surface area contributed by atoms with Crippen LogP contribution >= 0.6 is 11.3 Å². The van der Waals surface area contributed by atoms with Gasteiger partial charge in [-0.2, -0.15) is 5.26 Å². The topological polar surface area (TPSA) is 65.8 Å². The molecule has 3 aromatic rings. The number of thiazole rings is 1. The second-order valence-electron chi connectivity index (χ2n) is 5.50. The highest BCUT2D eigenvalue weighted by Crippen LogP contribution is 2.25. The van der Waals surface area contributed by atoms with Gasteiger partial charge in [0.25, 0.3) is 5.91 Å². The van der Waals surface area contributed by atoms with E-state index in [0.29, 0.717) is 16.3 Å². The third-order valence-electron chi connectivity index (χ3n) is 3.67. The van der Waals surface area contributed by atoms with E-state index in [0.717, 1.165) is 22.4 Å². The van der Waals surface area contributed by atoms with Crippen molar-refractivity contribution < 1.29 is 4.79 Å². The zero-order chi connectivity index (χ0) is 17.1. The van der Waals surface area contributed by atoms with Crippen molar-refractivity contribution in [3.63, 3.8) is 0 Å². The molecule has 0 radical (unpaired) electrons. The summed E-state index contributed by atoms with van der Waals surface area (Å²) in [5, 5.41) is 14.1. The molecule has 0 aliphatic heterocycles. The third-order valence-corrected chi connectivity index (χ3v) is 4.43. The Morgan fingerprint density at radius 1 is 1.17 bits per heavy atom. The van der Waals surface area contributed by atoms with Gasteiger partial charge in [-0.05, 0) is 37.6 Å². The monoisotopic (exact) mass is 333 g/mol. The van der Waals surface area contributed by atoms with Gasteiger partial charge in [-0.25, -0.2) is 4.98 Å². The maximum absolute atomic E-state index is 12.4. The SMILES string of the molecule is Cc1ccc(C)c(C(=O)Nc2nc(-c3ccc(C#N)cc3)cs2)c1. The quantitative estimate of drug-likeness (QED) is 0.764. The molecular weight excluding hydrogens is 318 g/mol. The van der Waals surface area contributed by atoms with Crippen LogP contribution in [-0.2, 0) is 0 Å². The van der Waals surface area contributed by atoms with Gasteiger partial charge in [-0.3, -0.25) is 10.1 Å². The lowest BCUT2D eigenvalue weighted by Gasteiger charge is -2.06. The van der Waals surface area contributed by atoms with Crippen molar-refractivity contribution in [3.05, 3.63) is 70.1 Å². The fourth-order valence-electron chi connectivity index (χ4n) is 2.32. The zero-order valence-corrected chi connectivity index (χ0v) is 14.1. The molecule has 0 unspecified atom stereocenters. The lowest BCUT2D eigenvalue weighted by atomic mass is 10.1. The third kappa shape index (κ3) is 3.34. The largest absolute Gasteiger partial charge is 0.298 e. The Labute approximate surface area is 144 Å². The average Bonchev–Trinajstić information content (AvgIpc) is 3.05. The van der Waals surface area contributed by atoms with Gasteiger partial charge in [0.1, 0.15) is 0 Å². The Balaban J connectivity index is 1.79. The van der Waals surface area contributed by atoms with E-state index in [1.165, 1.54) is 11.3 Å². The standard InChI is InChI=1S/C19H15N3OS/c1-12-3-4-13(2)16(9-12)18(23)22-19-21-17(11-24-19)15-7-5-14(10-20)6-8-15/h3-9,11H,1-2H3,(H,21,22,23). The normalized spacial score (nSPS) is 10.2. The minimum atomic E-state index is -0.156. The average molecular weight is 333 g/mol. The summed E-state index contributed by atoms with van der Waals surface area (Å²) >= 11 is 1.38. The summed E-state index contributed by atoms with van der Waals surface area (Å²) in [5.41, 5.74) is 4.94. The number of nitrogens with one attached hydrogen (secondary N) is 1. The smallest absolute Gasteiger partial charge is 0.257 e. The summed E-state index contributed by atoms with van der Waals surface area (Å²) in [6.45, 7) is 3.88. The van der Waals surface area contributed by atoms with Crippen LogP contribution in [0.5, 0.6) is 0 Å². The number of nitrogens with zero attached hydrogens (tertiary/aromatic N) is 2. The van der Waals surface area contributed by atoms with Crippen molar-refractivity contribution in [1.29, 1.82) is 5.26 Å². The molecule has 0 spiro atoms. The predicted octanol–water partition coefficient (Wildman–Crippen LogP) is 4.55. The first-order valence-corrected chi connectivity index (χ1v) is 8.29. The van der Waals surface area contributed by atoms with E-state index in [-0.39, 0.29) is 5.91 Å². The molecule has 0 bridgehead atoms. The number of hydrogen-bond donors (Lipinski definition) is 1. The van der Waals surface area contributed by atoms with Gasteiger partial charge in [0.2, 0.25) is 0 Å². The number of aromatic nitrogens is 1. The molecule has 118 valence electrons. The Hall–Kier alpha value is -2.97. The van der Waals surface area contributed by atoms with E-state index in [1.807, 2.05) is 49.6 Å². The fraction of sp³-hybridized carbons (Fsp3) is 0.105.